The van der Waals surface area contributed by atoms with Crippen LogP contribution < -0.4 is 0 Å². The highest BCUT2D eigenvalue weighted by Gasteiger charge is 1.97. The van der Waals surface area contributed by atoms with Gasteiger partial charge in [-0.25, -0.2) is 0 Å². The Morgan fingerprint density at radius 3 is 2.60 bits per heavy atom. The summed E-state index contributed by atoms with van der Waals surface area (Å²) in [5, 5.41) is 8.22. The van der Waals surface area contributed by atoms with Gasteiger partial charge in [-0.3, -0.25) is 4.79 Å². The van der Waals surface area contributed by atoms with Gasteiger partial charge in [-0.1, -0.05) is 0 Å². The number of hydrogen-bond donors (Lipinski definition) is 1. The van der Waals surface area contributed by atoms with Crippen LogP contribution >= 0.6 is 0 Å². The van der Waals surface area contributed by atoms with Gasteiger partial charge < -0.3 is 9.84 Å². The molecule has 0 amide bonds. The van der Waals surface area contributed by atoms with Gasteiger partial charge in [-0.2, -0.15) is 0 Å². The second kappa shape index (κ2) is 5.23. The molecule has 0 aromatic heterocycles. The van der Waals surface area contributed by atoms with Crippen molar-refractivity contribution in [1.29, 1.82) is 0 Å². The van der Waals surface area contributed by atoms with Gasteiger partial charge in [-0.15, -0.1) is 0 Å². The van der Waals surface area contributed by atoms with Crippen molar-refractivity contribution in [1.82, 2.24) is 0 Å². The number of carboxylic acid groups (broad SMARTS) is 1. The van der Waals surface area contributed by atoms with E-state index in [9.17, 15) is 4.79 Å². The molecule has 0 rings (SSSR count). The molecule has 0 atom stereocenters. The predicted octanol–water partition coefficient (Wildman–Crippen LogP) is 1.28. The molecule has 0 spiro atoms. The molecular weight excluding hydrogens is 132 g/mol. The van der Waals surface area contributed by atoms with Gasteiger partial charge >= 0.3 is 5.97 Å². The summed E-state index contributed by atoms with van der Waals surface area (Å²) < 4.78 is 5.13. The molecule has 0 aliphatic carbocycles. The van der Waals surface area contributed by atoms with Crippen molar-refractivity contribution < 1.29 is 14.6 Å². The lowest BCUT2D eigenvalue weighted by molar-refractivity contribution is -0.137. The Balaban J connectivity index is 2.98. The SMILES string of the molecule is CC(C)OCCCC(=O)O. The van der Waals surface area contributed by atoms with Crippen LogP contribution in [-0.4, -0.2) is 23.8 Å². The number of rotatable bonds is 5. The molecule has 60 valence electrons. The topological polar surface area (TPSA) is 46.5 Å². The minimum atomic E-state index is -0.757. The van der Waals surface area contributed by atoms with Crippen LogP contribution in [0.4, 0.5) is 0 Å². The lowest BCUT2D eigenvalue weighted by atomic mass is 10.3. The molecule has 0 aromatic rings. The summed E-state index contributed by atoms with van der Waals surface area (Å²) in [5.74, 6) is -0.757. The Hall–Kier alpha value is -0.570. The molecular formula is C7H14O3. The Bertz CT molecular complexity index is 99.0. The Morgan fingerprint density at radius 1 is 1.60 bits per heavy atom. The minimum absolute atomic E-state index is 0.201. The van der Waals surface area contributed by atoms with Crippen molar-refractivity contribution in [2.75, 3.05) is 6.61 Å². The molecule has 0 aromatic carbocycles. The number of aliphatic carboxylic acids is 1. The highest BCUT2D eigenvalue weighted by atomic mass is 16.5. The van der Waals surface area contributed by atoms with Crippen LogP contribution in [0.15, 0.2) is 0 Å². The monoisotopic (exact) mass is 146 g/mol. The molecule has 0 radical (unpaired) electrons. The van der Waals surface area contributed by atoms with Crippen LogP contribution in [0.3, 0.4) is 0 Å². The number of carbonyl (C=O) groups is 1. The standard InChI is InChI=1S/C7H14O3/c1-6(2)10-5-3-4-7(8)9/h6H,3-5H2,1-2H3,(H,8,9). The van der Waals surface area contributed by atoms with Crippen LogP contribution in [0, 0.1) is 0 Å². The Morgan fingerprint density at radius 2 is 2.20 bits per heavy atom. The fourth-order valence-corrected chi connectivity index (χ4v) is 0.542. The van der Waals surface area contributed by atoms with Crippen molar-refractivity contribution in [3.8, 4) is 0 Å². The van der Waals surface area contributed by atoms with Crippen LogP contribution in [0.25, 0.3) is 0 Å². The summed E-state index contributed by atoms with van der Waals surface area (Å²) in [6.07, 6.45) is 1.01. The molecule has 0 unspecified atom stereocenters. The van der Waals surface area contributed by atoms with E-state index in [0.29, 0.717) is 13.0 Å². The summed E-state index contributed by atoms with van der Waals surface area (Å²) >= 11 is 0. The fourth-order valence-electron chi connectivity index (χ4n) is 0.542. The van der Waals surface area contributed by atoms with E-state index >= 15 is 0 Å². The van der Waals surface area contributed by atoms with E-state index in [-0.39, 0.29) is 12.5 Å². The molecule has 0 bridgehead atoms. The van der Waals surface area contributed by atoms with E-state index in [1.807, 2.05) is 13.8 Å². The van der Waals surface area contributed by atoms with Crippen LogP contribution in [0.2, 0.25) is 0 Å². The zero-order valence-corrected chi connectivity index (χ0v) is 6.46. The maximum Gasteiger partial charge on any atom is 0.303 e. The van der Waals surface area contributed by atoms with Crippen LogP contribution in [0.1, 0.15) is 26.7 Å². The maximum absolute atomic E-state index is 9.99. The molecule has 0 saturated carbocycles. The van der Waals surface area contributed by atoms with E-state index in [0.717, 1.165) is 0 Å². The summed E-state index contributed by atoms with van der Waals surface area (Å²) in [4.78, 5) is 9.99. The zero-order valence-electron chi connectivity index (χ0n) is 6.46. The van der Waals surface area contributed by atoms with Gasteiger partial charge in [-0.05, 0) is 20.3 Å². The van der Waals surface area contributed by atoms with Crippen molar-refractivity contribution in [2.45, 2.75) is 32.8 Å². The Kier molecular flexibility index (Phi) is 4.94. The van der Waals surface area contributed by atoms with Gasteiger partial charge in [0.2, 0.25) is 0 Å². The van der Waals surface area contributed by atoms with Crippen molar-refractivity contribution in [3.63, 3.8) is 0 Å². The van der Waals surface area contributed by atoms with E-state index in [1.54, 1.807) is 0 Å². The molecule has 0 heterocycles. The molecule has 3 nitrogen and oxygen atoms in total. The average Bonchev–Trinajstić information content (AvgIpc) is 1.79. The van der Waals surface area contributed by atoms with Crippen molar-refractivity contribution in [2.24, 2.45) is 0 Å². The van der Waals surface area contributed by atoms with Gasteiger partial charge in [0.05, 0.1) is 6.10 Å². The molecule has 1 N–H and O–H groups in total. The van der Waals surface area contributed by atoms with Crippen molar-refractivity contribution in [3.05, 3.63) is 0 Å². The second-order valence-corrected chi connectivity index (χ2v) is 2.42. The molecule has 0 aliphatic heterocycles. The largest absolute Gasteiger partial charge is 0.481 e. The Labute approximate surface area is 61.0 Å². The molecule has 0 saturated heterocycles. The van der Waals surface area contributed by atoms with Gasteiger partial charge in [0.1, 0.15) is 0 Å². The van der Waals surface area contributed by atoms with Crippen molar-refractivity contribution >= 4 is 5.97 Å². The molecule has 3 heteroatoms. The summed E-state index contributed by atoms with van der Waals surface area (Å²) in [6.45, 7) is 4.41. The number of ether oxygens (including phenoxy) is 1. The van der Waals surface area contributed by atoms with E-state index in [2.05, 4.69) is 0 Å². The average molecular weight is 146 g/mol. The summed E-state index contributed by atoms with van der Waals surface area (Å²) in [6, 6.07) is 0. The first-order valence-corrected chi connectivity index (χ1v) is 3.46. The van der Waals surface area contributed by atoms with E-state index in [4.69, 9.17) is 9.84 Å². The number of carboxylic acids is 1. The number of hydrogen-bond acceptors (Lipinski definition) is 2. The quantitative estimate of drug-likeness (QED) is 0.594. The third kappa shape index (κ3) is 7.43. The lowest BCUT2D eigenvalue weighted by Crippen LogP contribution is -2.05. The second-order valence-electron chi connectivity index (χ2n) is 2.42. The molecule has 0 fully saturated rings. The normalized spacial score (nSPS) is 10.3. The first-order valence-electron chi connectivity index (χ1n) is 3.46. The smallest absolute Gasteiger partial charge is 0.303 e. The van der Waals surface area contributed by atoms with E-state index < -0.39 is 5.97 Å². The highest BCUT2D eigenvalue weighted by Crippen LogP contribution is 1.93. The zero-order chi connectivity index (χ0) is 7.98. The fraction of sp³-hybridized carbons (Fsp3) is 0.857. The summed E-state index contributed by atoms with van der Waals surface area (Å²) in [7, 11) is 0. The van der Waals surface area contributed by atoms with Gasteiger partial charge in [0.15, 0.2) is 0 Å². The summed E-state index contributed by atoms with van der Waals surface area (Å²) in [5.41, 5.74) is 0. The first kappa shape index (κ1) is 9.43. The predicted molar refractivity (Wildman–Crippen MR) is 38.0 cm³/mol. The van der Waals surface area contributed by atoms with Crippen LogP contribution in [0.5, 0.6) is 0 Å². The molecule has 10 heavy (non-hydrogen) atoms. The highest BCUT2D eigenvalue weighted by molar-refractivity contribution is 5.66. The van der Waals surface area contributed by atoms with Gasteiger partial charge in [0, 0.05) is 13.0 Å². The lowest BCUT2D eigenvalue weighted by Gasteiger charge is -2.04. The molecule has 0 aliphatic rings. The maximum atomic E-state index is 9.99. The van der Waals surface area contributed by atoms with Gasteiger partial charge in [0.25, 0.3) is 0 Å². The first-order chi connectivity index (χ1) is 4.63. The minimum Gasteiger partial charge on any atom is -0.481 e. The third-order valence-electron chi connectivity index (χ3n) is 0.986. The van der Waals surface area contributed by atoms with Crippen LogP contribution in [-0.2, 0) is 9.53 Å². The third-order valence-corrected chi connectivity index (χ3v) is 0.986. The van der Waals surface area contributed by atoms with E-state index in [1.165, 1.54) is 0 Å².